The Hall–Kier alpha value is -1.70. The zero-order chi connectivity index (χ0) is 19.9. The number of hydrogen-bond acceptors (Lipinski definition) is 3. The summed E-state index contributed by atoms with van der Waals surface area (Å²) < 4.78 is 30.4. The van der Waals surface area contributed by atoms with Crippen LogP contribution < -0.4 is 9.62 Å². The summed E-state index contributed by atoms with van der Waals surface area (Å²) in [6.07, 6.45) is 3.69. The zero-order valence-corrected chi connectivity index (χ0v) is 18.1. The molecular formula is C21H23BrN2O3S. The molecule has 1 aliphatic carbocycles. The average molecular weight is 463 g/mol. The molecule has 1 aliphatic heterocycles. The Morgan fingerprint density at radius 3 is 2.79 bits per heavy atom. The summed E-state index contributed by atoms with van der Waals surface area (Å²) in [5.41, 5.74) is 3.67. The Balaban J connectivity index is 1.75. The fourth-order valence-corrected chi connectivity index (χ4v) is 6.42. The van der Waals surface area contributed by atoms with Gasteiger partial charge in [0, 0.05) is 23.5 Å². The van der Waals surface area contributed by atoms with Crippen molar-refractivity contribution in [2.45, 2.75) is 50.0 Å². The van der Waals surface area contributed by atoms with E-state index >= 15 is 0 Å². The zero-order valence-electron chi connectivity index (χ0n) is 15.7. The molecule has 0 spiro atoms. The molecule has 148 valence electrons. The lowest BCUT2D eigenvalue weighted by molar-refractivity contribution is -0.118. The molecule has 5 nitrogen and oxygen atoms in total. The van der Waals surface area contributed by atoms with E-state index in [2.05, 4.69) is 26.7 Å². The monoisotopic (exact) mass is 462 g/mol. The number of sulfonamides is 1. The minimum atomic E-state index is -3.80. The largest absolute Gasteiger partial charge is 0.310 e. The van der Waals surface area contributed by atoms with Gasteiger partial charge in [-0.05, 0) is 54.5 Å². The Labute approximate surface area is 174 Å². The van der Waals surface area contributed by atoms with Crippen molar-refractivity contribution < 1.29 is 13.2 Å². The normalized spacial score (nSPS) is 18.6. The van der Waals surface area contributed by atoms with E-state index in [4.69, 9.17) is 0 Å². The van der Waals surface area contributed by atoms with Crippen molar-refractivity contribution in [3.05, 3.63) is 57.6 Å². The predicted octanol–water partition coefficient (Wildman–Crippen LogP) is 4.10. The van der Waals surface area contributed by atoms with Crippen LogP contribution >= 0.6 is 15.9 Å². The molecular weight excluding hydrogens is 440 g/mol. The van der Waals surface area contributed by atoms with Gasteiger partial charge in [0.05, 0.1) is 5.69 Å². The van der Waals surface area contributed by atoms with Crippen LogP contribution in [-0.2, 0) is 27.7 Å². The van der Waals surface area contributed by atoms with E-state index in [0.29, 0.717) is 29.5 Å². The lowest BCUT2D eigenvalue weighted by atomic mass is 9.88. The summed E-state index contributed by atoms with van der Waals surface area (Å²) in [6.45, 7) is 2.32. The molecule has 4 rings (SSSR count). The van der Waals surface area contributed by atoms with Crippen molar-refractivity contribution >= 4 is 37.5 Å². The highest BCUT2D eigenvalue weighted by Gasteiger charge is 2.34. The van der Waals surface area contributed by atoms with E-state index in [9.17, 15) is 13.2 Å². The highest BCUT2D eigenvalue weighted by molar-refractivity contribution is 9.10. The number of nitrogens with one attached hydrogen (secondary N) is 1. The first-order chi connectivity index (χ1) is 13.4. The minimum absolute atomic E-state index is 0.0551. The molecule has 0 fully saturated rings. The SMILES string of the molecule is CCC(=O)N1CCc2cc(Br)cc(S(=O)(=O)N[C@@H]3CCCc4ccccc43)c21. The maximum Gasteiger partial charge on any atom is 0.243 e. The fraction of sp³-hybridized carbons (Fsp3) is 0.381. The molecule has 2 aliphatic rings. The highest BCUT2D eigenvalue weighted by Crippen LogP contribution is 2.39. The molecule has 1 N–H and O–H groups in total. The van der Waals surface area contributed by atoms with E-state index in [0.717, 1.165) is 30.4 Å². The van der Waals surface area contributed by atoms with Crippen molar-refractivity contribution in [3.63, 3.8) is 0 Å². The average Bonchev–Trinajstić information content (AvgIpc) is 3.10. The van der Waals surface area contributed by atoms with Gasteiger partial charge in [-0.25, -0.2) is 13.1 Å². The summed E-state index contributed by atoms with van der Waals surface area (Å²) in [7, 11) is -3.80. The number of rotatable bonds is 4. The second-order valence-corrected chi connectivity index (χ2v) is 9.92. The van der Waals surface area contributed by atoms with Gasteiger partial charge >= 0.3 is 0 Å². The van der Waals surface area contributed by atoms with Crippen molar-refractivity contribution in [2.75, 3.05) is 11.4 Å². The van der Waals surface area contributed by atoms with Gasteiger partial charge in [-0.1, -0.05) is 47.1 Å². The Morgan fingerprint density at radius 1 is 1.21 bits per heavy atom. The third-order valence-electron chi connectivity index (χ3n) is 5.55. The number of hydrogen-bond donors (Lipinski definition) is 1. The maximum atomic E-state index is 13.4. The molecule has 0 saturated carbocycles. The Kier molecular flexibility index (Phi) is 5.33. The number of nitrogens with zero attached hydrogens (tertiary/aromatic N) is 1. The Bertz CT molecular complexity index is 1040. The number of carbonyl (C=O) groups excluding carboxylic acids is 1. The molecule has 1 amide bonds. The number of halogens is 1. The van der Waals surface area contributed by atoms with E-state index < -0.39 is 10.0 Å². The van der Waals surface area contributed by atoms with Gasteiger partial charge in [0.15, 0.2) is 0 Å². The van der Waals surface area contributed by atoms with E-state index in [1.807, 2.05) is 24.3 Å². The summed E-state index contributed by atoms with van der Waals surface area (Å²) in [6, 6.07) is 11.3. The second kappa shape index (κ2) is 7.61. The van der Waals surface area contributed by atoms with Crippen LogP contribution in [0.2, 0.25) is 0 Å². The first-order valence-electron chi connectivity index (χ1n) is 9.63. The summed E-state index contributed by atoms with van der Waals surface area (Å²) in [4.78, 5) is 14.2. The minimum Gasteiger partial charge on any atom is -0.310 e. The molecule has 1 atom stereocenters. The van der Waals surface area contributed by atoms with Crippen molar-refractivity contribution in [3.8, 4) is 0 Å². The lowest BCUT2D eigenvalue weighted by Crippen LogP contribution is -2.34. The van der Waals surface area contributed by atoms with Crippen LogP contribution in [0.15, 0.2) is 45.8 Å². The smallest absolute Gasteiger partial charge is 0.243 e. The lowest BCUT2D eigenvalue weighted by Gasteiger charge is -2.27. The van der Waals surface area contributed by atoms with Crippen LogP contribution in [-0.4, -0.2) is 20.9 Å². The van der Waals surface area contributed by atoms with Crippen LogP contribution in [0.1, 0.15) is 48.9 Å². The molecule has 0 saturated heterocycles. The number of amides is 1. The molecule has 0 radical (unpaired) electrons. The fourth-order valence-electron chi connectivity index (χ4n) is 4.24. The van der Waals surface area contributed by atoms with Crippen LogP contribution in [0.4, 0.5) is 5.69 Å². The molecule has 0 unspecified atom stereocenters. The van der Waals surface area contributed by atoms with Crippen molar-refractivity contribution in [1.29, 1.82) is 0 Å². The van der Waals surface area contributed by atoms with Gasteiger partial charge in [-0.3, -0.25) is 4.79 Å². The van der Waals surface area contributed by atoms with Crippen molar-refractivity contribution in [1.82, 2.24) is 4.72 Å². The number of benzene rings is 2. The quantitative estimate of drug-likeness (QED) is 0.743. The van der Waals surface area contributed by atoms with E-state index in [1.54, 1.807) is 17.9 Å². The first-order valence-corrected chi connectivity index (χ1v) is 11.9. The van der Waals surface area contributed by atoms with Gasteiger partial charge in [-0.15, -0.1) is 0 Å². The molecule has 2 aromatic rings. The summed E-state index contributed by atoms with van der Waals surface area (Å²) >= 11 is 3.44. The van der Waals surface area contributed by atoms with Crippen LogP contribution in [0, 0.1) is 0 Å². The van der Waals surface area contributed by atoms with Crippen LogP contribution in [0.5, 0.6) is 0 Å². The van der Waals surface area contributed by atoms with Crippen LogP contribution in [0.25, 0.3) is 0 Å². The second-order valence-electron chi connectivity index (χ2n) is 7.33. The number of fused-ring (bicyclic) bond motifs is 2. The maximum absolute atomic E-state index is 13.4. The van der Waals surface area contributed by atoms with Gasteiger partial charge in [-0.2, -0.15) is 0 Å². The van der Waals surface area contributed by atoms with E-state index in [-0.39, 0.29) is 16.8 Å². The molecule has 7 heteroatoms. The Morgan fingerprint density at radius 2 is 2.00 bits per heavy atom. The molecule has 0 bridgehead atoms. The first kappa shape index (κ1) is 19.6. The molecule has 1 heterocycles. The van der Waals surface area contributed by atoms with E-state index in [1.165, 1.54) is 5.56 Å². The molecule has 2 aromatic carbocycles. The summed E-state index contributed by atoms with van der Waals surface area (Å²) in [5, 5.41) is 0. The number of carbonyl (C=O) groups is 1. The molecule has 28 heavy (non-hydrogen) atoms. The third kappa shape index (κ3) is 3.51. The summed E-state index contributed by atoms with van der Waals surface area (Å²) in [5.74, 6) is -0.0551. The van der Waals surface area contributed by atoms with Crippen molar-refractivity contribution in [2.24, 2.45) is 0 Å². The predicted molar refractivity (Wildman–Crippen MR) is 113 cm³/mol. The van der Waals surface area contributed by atoms with Gasteiger partial charge in [0.25, 0.3) is 0 Å². The standard InChI is InChI=1S/C21H23BrN2O3S/c1-2-20(25)24-11-10-15-12-16(22)13-19(21(15)24)28(26,27)23-18-9-5-7-14-6-3-4-8-17(14)18/h3-4,6,8,12-13,18,23H,2,5,7,9-11H2,1H3/t18-/m1/s1. The van der Waals surface area contributed by atoms with Crippen LogP contribution in [0.3, 0.4) is 0 Å². The van der Waals surface area contributed by atoms with Gasteiger partial charge in [0.1, 0.15) is 4.90 Å². The third-order valence-corrected chi connectivity index (χ3v) is 7.50. The number of anilines is 1. The number of aryl methyl sites for hydroxylation is 1. The van der Waals surface area contributed by atoms with Gasteiger partial charge in [0.2, 0.25) is 15.9 Å². The topological polar surface area (TPSA) is 66.5 Å². The molecule has 0 aromatic heterocycles. The van der Waals surface area contributed by atoms with Gasteiger partial charge < -0.3 is 4.90 Å². The highest BCUT2D eigenvalue weighted by atomic mass is 79.9.